The standard InChI is InChI=1S/C18H26O2/c1-11-8-13-9-14(17(3,4)10-19)16(20-7)12(2)15(13)18(11,5)6/h9-11H,8H2,1-7H3. The number of hydrogen-bond acceptors (Lipinski definition) is 2. The number of aldehydes is 1. The van der Waals surface area contributed by atoms with Crippen LogP contribution in [0.3, 0.4) is 0 Å². The molecule has 1 aromatic rings. The number of rotatable bonds is 3. The zero-order valence-electron chi connectivity index (χ0n) is 13.8. The van der Waals surface area contributed by atoms with Crippen LogP contribution in [0.1, 0.15) is 56.9 Å². The summed E-state index contributed by atoms with van der Waals surface area (Å²) >= 11 is 0. The SMILES string of the molecule is COc1c(C(C)(C)C=O)cc2c(c1C)C(C)(C)C(C)C2. The van der Waals surface area contributed by atoms with Gasteiger partial charge in [-0.2, -0.15) is 0 Å². The molecule has 0 saturated carbocycles. The van der Waals surface area contributed by atoms with E-state index in [9.17, 15) is 4.79 Å². The van der Waals surface area contributed by atoms with E-state index in [1.165, 1.54) is 16.7 Å². The number of fused-ring (bicyclic) bond motifs is 1. The van der Waals surface area contributed by atoms with Crippen LogP contribution in [0, 0.1) is 12.8 Å². The highest BCUT2D eigenvalue weighted by Gasteiger charge is 2.40. The minimum atomic E-state index is -0.513. The molecule has 2 nitrogen and oxygen atoms in total. The second kappa shape index (κ2) is 4.61. The average molecular weight is 274 g/mol. The zero-order valence-corrected chi connectivity index (χ0v) is 13.8. The molecule has 0 heterocycles. The number of benzene rings is 1. The third-order valence-corrected chi connectivity index (χ3v) is 5.20. The number of methoxy groups -OCH3 is 1. The minimum absolute atomic E-state index is 0.163. The Kier molecular flexibility index (Phi) is 3.48. The van der Waals surface area contributed by atoms with Gasteiger partial charge in [0, 0.05) is 11.0 Å². The van der Waals surface area contributed by atoms with Crippen molar-refractivity contribution in [1.82, 2.24) is 0 Å². The summed E-state index contributed by atoms with van der Waals surface area (Å²) in [6.07, 6.45) is 2.09. The van der Waals surface area contributed by atoms with Crippen molar-refractivity contribution in [2.45, 2.75) is 58.8 Å². The monoisotopic (exact) mass is 274 g/mol. The van der Waals surface area contributed by atoms with Crippen LogP contribution in [-0.2, 0) is 22.0 Å². The Morgan fingerprint density at radius 3 is 2.50 bits per heavy atom. The molecule has 1 aromatic carbocycles. The molecule has 0 aromatic heterocycles. The summed E-state index contributed by atoms with van der Waals surface area (Å²) < 4.78 is 5.66. The van der Waals surface area contributed by atoms with E-state index in [4.69, 9.17) is 4.74 Å². The molecule has 0 fully saturated rings. The quantitative estimate of drug-likeness (QED) is 0.780. The normalized spacial score (nSPS) is 20.6. The van der Waals surface area contributed by atoms with Gasteiger partial charge >= 0.3 is 0 Å². The molecule has 1 unspecified atom stereocenters. The summed E-state index contributed by atoms with van der Waals surface area (Å²) in [6.45, 7) is 12.9. The van der Waals surface area contributed by atoms with Crippen LogP contribution in [0.5, 0.6) is 5.75 Å². The highest BCUT2D eigenvalue weighted by molar-refractivity contribution is 5.71. The van der Waals surface area contributed by atoms with Gasteiger partial charge in [0.25, 0.3) is 0 Å². The van der Waals surface area contributed by atoms with Gasteiger partial charge < -0.3 is 9.53 Å². The van der Waals surface area contributed by atoms with Crippen LogP contribution in [0.15, 0.2) is 6.07 Å². The van der Waals surface area contributed by atoms with Crippen LogP contribution in [-0.4, -0.2) is 13.4 Å². The molecule has 1 aliphatic rings. The molecule has 0 N–H and O–H groups in total. The smallest absolute Gasteiger partial charge is 0.130 e. The van der Waals surface area contributed by atoms with E-state index >= 15 is 0 Å². The van der Waals surface area contributed by atoms with Crippen LogP contribution in [0.25, 0.3) is 0 Å². The maximum absolute atomic E-state index is 11.4. The molecular weight excluding hydrogens is 248 g/mol. The van der Waals surface area contributed by atoms with E-state index in [0.29, 0.717) is 5.92 Å². The van der Waals surface area contributed by atoms with Crippen molar-refractivity contribution < 1.29 is 9.53 Å². The maximum Gasteiger partial charge on any atom is 0.130 e. The van der Waals surface area contributed by atoms with Gasteiger partial charge in [-0.25, -0.2) is 0 Å². The van der Waals surface area contributed by atoms with Crippen LogP contribution < -0.4 is 4.74 Å². The fraction of sp³-hybridized carbons (Fsp3) is 0.611. The summed E-state index contributed by atoms with van der Waals surface area (Å²) in [6, 6.07) is 2.20. The molecule has 0 aliphatic heterocycles. The van der Waals surface area contributed by atoms with Gasteiger partial charge in [-0.1, -0.05) is 26.8 Å². The van der Waals surface area contributed by atoms with Gasteiger partial charge in [0.2, 0.25) is 0 Å². The molecule has 2 heteroatoms. The predicted octanol–water partition coefficient (Wildman–Crippen LogP) is 3.95. The fourth-order valence-electron chi connectivity index (χ4n) is 3.56. The lowest BCUT2D eigenvalue weighted by molar-refractivity contribution is -0.111. The third kappa shape index (κ3) is 1.97. The highest BCUT2D eigenvalue weighted by atomic mass is 16.5. The second-order valence-electron chi connectivity index (χ2n) is 7.28. The topological polar surface area (TPSA) is 26.3 Å². The van der Waals surface area contributed by atoms with Crippen LogP contribution in [0.2, 0.25) is 0 Å². The van der Waals surface area contributed by atoms with Gasteiger partial charge in [-0.3, -0.25) is 0 Å². The van der Waals surface area contributed by atoms with Crippen molar-refractivity contribution in [3.63, 3.8) is 0 Å². The summed E-state index contributed by atoms with van der Waals surface area (Å²) in [5, 5.41) is 0. The summed E-state index contributed by atoms with van der Waals surface area (Å²) in [5.41, 5.74) is 4.65. The molecule has 0 amide bonds. The molecule has 1 atom stereocenters. The van der Waals surface area contributed by atoms with E-state index in [0.717, 1.165) is 24.0 Å². The van der Waals surface area contributed by atoms with E-state index in [1.54, 1.807) is 7.11 Å². The Hall–Kier alpha value is -1.31. The lowest BCUT2D eigenvalue weighted by Gasteiger charge is -2.29. The van der Waals surface area contributed by atoms with Crippen molar-refractivity contribution in [2.75, 3.05) is 7.11 Å². The first-order valence-corrected chi connectivity index (χ1v) is 7.34. The van der Waals surface area contributed by atoms with E-state index in [1.807, 2.05) is 13.8 Å². The van der Waals surface area contributed by atoms with Crippen LogP contribution >= 0.6 is 0 Å². The third-order valence-electron chi connectivity index (χ3n) is 5.20. The van der Waals surface area contributed by atoms with Crippen molar-refractivity contribution in [2.24, 2.45) is 5.92 Å². The number of hydrogen-bond donors (Lipinski definition) is 0. The number of ether oxygens (including phenoxy) is 1. The van der Waals surface area contributed by atoms with E-state index in [2.05, 4.69) is 33.8 Å². The summed E-state index contributed by atoms with van der Waals surface area (Å²) in [4.78, 5) is 11.4. The number of carbonyl (C=O) groups excluding carboxylic acids is 1. The van der Waals surface area contributed by atoms with Gasteiger partial charge in [0.05, 0.1) is 7.11 Å². The van der Waals surface area contributed by atoms with Crippen molar-refractivity contribution in [3.05, 3.63) is 28.3 Å². The van der Waals surface area contributed by atoms with E-state index < -0.39 is 5.41 Å². The molecular formula is C18H26O2. The molecule has 0 saturated heterocycles. The highest BCUT2D eigenvalue weighted by Crippen LogP contribution is 2.49. The first-order valence-electron chi connectivity index (χ1n) is 7.34. The fourth-order valence-corrected chi connectivity index (χ4v) is 3.56. The van der Waals surface area contributed by atoms with Crippen molar-refractivity contribution in [1.29, 1.82) is 0 Å². The first kappa shape index (κ1) is 15.1. The molecule has 0 radical (unpaired) electrons. The Bertz CT molecular complexity index is 553. The molecule has 0 bridgehead atoms. The summed E-state index contributed by atoms with van der Waals surface area (Å²) in [7, 11) is 1.70. The summed E-state index contributed by atoms with van der Waals surface area (Å²) in [5.74, 6) is 1.48. The zero-order chi connectivity index (χ0) is 15.3. The molecule has 0 spiro atoms. The average Bonchev–Trinajstić information content (AvgIpc) is 2.60. The molecule has 20 heavy (non-hydrogen) atoms. The van der Waals surface area contributed by atoms with Crippen molar-refractivity contribution in [3.8, 4) is 5.75 Å². The Morgan fingerprint density at radius 2 is 2.00 bits per heavy atom. The second-order valence-corrected chi connectivity index (χ2v) is 7.28. The first-order chi connectivity index (χ1) is 9.16. The Labute approximate surface area is 122 Å². The van der Waals surface area contributed by atoms with E-state index in [-0.39, 0.29) is 5.41 Å². The number of carbonyl (C=O) groups is 1. The van der Waals surface area contributed by atoms with Crippen molar-refractivity contribution >= 4 is 6.29 Å². The largest absolute Gasteiger partial charge is 0.496 e. The Balaban J connectivity index is 2.77. The van der Waals surface area contributed by atoms with Gasteiger partial charge in [-0.05, 0) is 55.2 Å². The maximum atomic E-state index is 11.4. The van der Waals surface area contributed by atoms with Gasteiger partial charge in [-0.15, -0.1) is 0 Å². The molecule has 110 valence electrons. The molecule has 1 aliphatic carbocycles. The van der Waals surface area contributed by atoms with Crippen LogP contribution in [0.4, 0.5) is 0 Å². The lowest BCUT2D eigenvalue weighted by Crippen LogP contribution is -2.24. The Morgan fingerprint density at radius 1 is 1.40 bits per heavy atom. The molecule has 2 rings (SSSR count). The lowest BCUT2D eigenvalue weighted by atomic mass is 9.76. The minimum Gasteiger partial charge on any atom is -0.496 e. The predicted molar refractivity (Wildman–Crippen MR) is 82.7 cm³/mol. The van der Waals surface area contributed by atoms with Gasteiger partial charge in [0.1, 0.15) is 12.0 Å². The van der Waals surface area contributed by atoms with Gasteiger partial charge in [0.15, 0.2) is 0 Å².